The molecule has 2 aromatic carbocycles. The lowest BCUT2D eigenvalue weighted by molar-refractivity contribution is -0.119. The van der Waals surface area contributed by atoms with E-state index in [0.29, 0.717) is 29.4 Å². The smallest absolute Gasteiger partial charge is 0.340 e. The van der Waals surface area contributed by atoms with Crippen molar-refractivity contribution in [2.75, 3.05) is 25.0 Å². The number of ether oxygens (including phenoxy) is 1. The molecule has 31 heavy (non-hydrogen) atoms. The van der Waals surface area contributed by atoms with Gasteiger partial charge in [-0.2, -0.15) is 4.31 Å². The van der Waals surface area contributed by atoms with E-state index in [-0.39, 0.29) is 15.5 Å². The summed E-state index contributed by atoms with van der Waals surface area (Å²) in [4.78, 5) is 24.6. The molecule has 1 fully saturated rings. The average molecular weight is 485 g/mol. The van der Waals surface area contributed by atoms with Gasteiger partial charge in [0.15, 0.2) is 6.61 Å². The van der Waals surface area contributed by atoms with Crippen molar-refractivity contribution < 1.29 is 22.7 Å². The maximum Gasteiger partial charge on any atom is 0.340 e. The maximum atomic E-state index is 12.9. The fourth-order valence-electron chi connectivity index (χ4n) is 3.21. The molecular weight excluding hydrogens is 463 g/mol. The first-order valence-corrected chi connectivity index (χ1v) is 11.9. The van der Waals surface area contributed by atoms with Crippen LogP contribution in [0.5, 0.6) is 0 Å². The van der Waals surface area contributed by atoms with E-state index in [4.69, 9.17) is 27.9 Å². The number of sulfonamides is 1. The number of rotatable bonds is 6. The molecule has 0 aromatic heterocycles. The lowest BCUT2D eigenvalue weighted by atomic mass is 10.2. The number of halogens is 2. The molecule has 0 unspecified atom stereocenters. The van der Waals surface area contributed by atoms with Crippen LogP contribution in [0.4, 0.5) is 5.69 Å². The van der Waals surface area contributed by atoms with Crippen LogP contribution in [0.1, 0.15) is 35.2 Å². The highest BCUT2D eigenvalue weighted by Crippen LogP contribution is 2.26. The monoisotopic (exact) mass is 484 g/mol. The zero-order chi connectivity index (χ0) is 22.6. The molecule has 0 bridgehead atoms. The minimum Gasteiger partial charge on any atom is -0.452 e. The highest BCUT2D eigenvalue weighted by atomic mass is 35.5. The number of hydrogen-bond donors (Lipinski definition) is 1. The third kappa shape index (κ3) is 5.57. The summed E-state index contributed by atoms with van der Waals surface area (Å²) < 4.78 is 32.2. The van der Waals surface area contributed by atoms with E-state index in [9.17, 15) is 18.0 Å². The topological polar surface area (TPSA) is 92.8 Å². The minimum absolute atomic E-state index is 0.0358. The normalized spacial score (nSPS) is 14.8. The number of hydrogen-bond acceptors (Lipinski definition) is 5. The zero-order valence-corrected chi connectivity index (χ0v) is 19.2. The van der Waals surface area contributed by atoms with E-state index in [2.05, 4.69) is 5.32 Å². The fraction of sp³-hybridized carbons (Fsp3) is 0.333. The molecule has 1 saturated heterocycles. The van der Waals surface area contributed by atoms with Crippen molar-refractivity contribution >= 4 is 50.8 Å². The SMILES string of the molecule is Cc1c(Cl)cccc1NC(=O)COC(=O)c1cc(S(=O)(=O)N2CCCCC2)ccc1Cl. The number of nitrogens with zero attached hydrogens (tertiary/aromatic N) is 1. The van der Waals surface area contributed by atoms with Crippen LogP contribution in [-0.4, -0.2) is 44.3 Å². The number of carbonyl (C=O) groups excluding carboxylic acids is 2. The van der Waals surface area contributed by atoms with Crippen molar-refractivity contribution in [3.63, 3.8) is 0 Å². The standard InChI is InChI=1S/C21H22Cl2N2O5S/c1-14-17(22)6-5-7-19(14)24-20(26)13-30-21(27)16-12-15(8-9-18(16)23)31(28,29)25-10-3-2-4-11-25/h5-9,12H,2-4,10-11,13H2,1H3,(H,24,26). The number of esters is 1. The van der Waals surface area contributed by atoms with Gasteiger partial charge < -0.3 is 10.1 Å². The quantitative estimate of drug-likeness (QED) is 0.617. The van der Waals surface area contributed by atoms with Crippen molar-refractivity contribution in [3.05, 3.63) is 57.6 Å². The number of nitrogens with one attached hydrogen (secondary N) is 1. The summed E-state index contributed by atoms with van der Waals surface area (Å²) in [6.07, 6.45) is 2.58. The van der Waals surface area contributed by atoms with Crippen LogP contribution in [0.15, 0.2) is 41.3 Å². The predicted octanol–water partition coefficient (Wildman–Crippen LogP) is 4.27. The van der Waals surface area contributed by atoms with E-state index < -0.39 is 28.5 Å². The predicted molar refractivity (Wildman–Crippen MR) is 119 cm³/mol. The lowest BCUT2D eigenvalue weighted by Gasteiger charge is -2.26. The van der Waals surface area contributed by atoms with E-state index in [1.807, 2.05) is 0 Å². The van der Waals surface area contributed by atoms with Gasteiger partial charge in [-0.3, -0.25) is 4.79 Å². The molecule has 1 aliphatic rings. The average Bonchev–Trinajstić information content (AvgIpc) is 2.76. The molecule has 1 amide bonds. The maximum absolute atomic E-state index is 12.9. The third-order valence-electron chi connectivity index (χ3n) is 4.99. The lowest BCUT2D eigenvalue weighted by Crippen LogP contribution is -2.35. The first-order chi connectivity index (χ1) is 14.7. The molecule has 0 radical (unpaired) electrons. The number of piperidine rings is 1. The highest BCUT2D eigenvalue weighted by Gasteiger charge is 2.27. The van der Waals surface area contributed by atoms with Crippen LogP contribution in [0.2, 0.25) is 10.0 Å². The largest absolute Gasteiger partial charge is 0.452 e. The molecule has 0 atom stereocenters. The van der Waals surface area contributed by atoms with Gasteiger partial charge in [0.25, 0.3) is 5.91 Å². The summed E-state index contributed by atoms with van der Waals surface area (Å²) in [6.45, 7) is 2.06. The molecule has 0 aliphatic carbocycles. The fourth-order valence-corrected chi connectivity index (χ4v) is 5.13. The Hall–Kier alpha value is -2.13. The van der Waals surface area contributed by atoms with Crippen LogP contribution < -0.4 is 5.32 Å². The Balaban J connectivity index is 1.69. The molecule has 10 heteroatoms. The summed E-state index contributed by atoms with van der Waals surface area (Å²) >= 11 is 12.1. The Labute approximate surface area is 191 Å². The van der Waals surface area contributed by atoms with E-state index in [1.165, 1.54) is 22.5 Å². The molecule has 0 spiro atoms. The number of amides is 1. The van der Waals surface area contributed by atoms with Gasteiger partial charge in [0, 0.05) is 23.8 Å². The van der Waals surface area contributed by atoms with Gasteiger partial charge in [0.05, 0.1) is 15.5 Å². The van der Waals surface area contributed by atoms with E-state index in [1.54, 1.807) is 25.1 Å². The van der Waals surface area contributed by atoms with Crippen molar-refractivity contribution in [2.24, 2.45) is 0 Å². The molecular formula is C21H22Cl2N2O5S. The molecule has 1 aliphatic heterocycles. The summed E-state index contributed by atoms with van der Waals surface area (Å²) in [5.41, 5.74) is 1.06. The first kappa shape index (κ1) is 23.5. The van der Waals surface area contributed by atoms with Gasteiger partial charge >= 0.3 is 5.97 Å². The summed E-state index contributed by atoms with van der Waals surface area (Å²) in [5, 5.41) is 3.14. The van der Waals surface area contributed by atoms with E-state index >= 15 is 0 Å². The molecule has 7 nitrogen and oxygen atoms in total. The van der Waals surface area contributed by atoms with Crippen LogP contribution >= 0.6 is 23.2 Å². The Morgan fingerprint density at radius 2 is 1.77 bits per heavy atom. The second-order valence-corrected chi connectivity index (χ2v) is 9.90. The molecule has 0 saturated carbocycles. The highest BCUT2D eigenvalue weighted by molar-refractivity contribution is 7.89. The summed E-state index contributed by atoms with van der Waals surface area (Å²) in [5.74, 6) is -1.45. The second kappa shape index (κ2) is 9.99. The van der Waals surface area contributed by atoms with Gasteiger partial charge in [-0.1, -0.05) is 35.7 Å². The van der Waals surface area contributed by atoms with Gasteiger partial charge in [0.2, 0.25) is 10.0 Å². The van der Waals surface area contributed by atoms with Crippen LogP contribution in [0.3, 0.4) is 0 Å². The van der Waals surface area contributed by atoms with Gasteiger partial charge in [-0.05, 0) is 55.7 Å². The third-order valence-corrected chi connectivity index (χ3v) is 7.62. The number of benzene rings is 2. The second-order valence-electron chi connectivity index (χ2n) is 7.14. The molecule has 2 aromatic rings. The molecule has 1 N–H and O–H groups in total. The molecule has 1 heterocycles. The van der Waals surface area contributed by atoms with Crippen molar-refractivity contribution in [1.29, 1.82) is 0 Å². The van der Waals surface area contributed by atoms with Crippen LogP contribution in [0, 0.1) is 6.92 Å². The van der Waals surface area contributed by atoms with Gasteiger partial charge in [0.1, 0.15) is 0 Å². The van der Waals surface area contributed by atoms with Crippen LogP contribution in [0.25, 0.3) is 0 Å². The Bertz CT molecular complexity index is 1100. The Kier molecular flexibility index (Phi) is 7.59. The number of anilines is 1. The Morgan fingerprint density at radius 1 is 1.06 bits per heavy atom. The summed E-state index contributed by atoms with van der Waals surface area (Å²) in [6, 6.07) is 8.94. The van der Waals surface area contributed by atoms with Gasteiger partial charge in [-0.25, -0.2) is 13.2 Å². The van der Waals surface area contributed by atoms with Crippen molar-refractivity contribution in [3.8, 4) is 0 Å². The summed E-state index contributed by atoms with van der Waals surface area (Å²) in [7, 11) is -3.74. The van der Waals surface area contributed by atoms with Crippen molar-refractivity contribution in [1.82, 2.24) is 4.31 Å². The zero-order valence-electron chi connectivity index (χ0n) is 16.9. The van der Waals surface area contributed by atoms with Gasteiger partial charge in [-0.15, -0.1) is 0 Å². The number of carbonyl (C=O) groups is 2. The Morgan fingerprint density at radius 3 is 2.48 bits per heavy atom. The van der Waals surface area contributed by atoms with E-state index in [0.717, 1.165) is 19.3 Å². The minimum atomic E-state index is -3.74. The van der Waals surface area contributed by atoms with Crippen molar-refractivity contribution in [2.45, 2.75) is 31.1 Å². The first-order valence-electron chi connectivity index (χ1n) is 9.72. The molecule has 166 valence electrons. The molecule has 3 rings (SSSR count). The van der Waals surface area contributed by atoms with Crippen LogP contribution in [-0.2, 0) is 19.6 Å².